The van der Waals surface area contributed by atoms with Crippen molar-refractivity contribution in [2.45, 2.75) is 56.4 Å². The lowest BCUT2D eigenvalue weighted by molar-refractivity contribution is 0.159. The summed E-state index contributed by atoms with van der Waals surface area (Å²) in [4.78, 5) is 0. The highest BCUT2D eigenvalue weighted by Gasteiger charge is 2.45. The molecule has 18 heavy (non-hydrogen) atoms. The SMILES string of the molecule is NN1C2CC=CC=C2NC1[C@@H]1C[C@@H]2CCC[C@@H]2N1. The lowest BCUT2D eigenvalue weighted by Crippen LogP contribution is -2.54. The number of hydrazine groups is 1. The van der Waals surface area contributed by atoms with Gasteiger partial charge in [0.25, 0.3) is 0 Å². The van der Waals surface area contributed by atoms with Gasteiger partial charge >= 0.3 is 0 Å². The standard InChI is InChI=1S/C14H22N4/c15-18-13-7-2-1-5-11(13)17-14(18)12-8-9-4-3-6-10(9)16-12/h1-2,5,9-10,12-14,16-17H,3-4,6-8,15H2/t9-,10-,12-,13?,14?/m0/s1. The van der Waals surface area contributed by atoms with Crippen LogP contribution in [-0.4, -0.2) is 29.3 Å². The van der Waals surface area contributed by atoms with Crippen molar-refractivity contribution in [2.75, 3.05) is 0 Å². The monoisotopic (exact) mass is 246 g/mol. The minimum absolute atomic E-state index is 0.270. The molecule has 4 aliphatic rings. The maximum absolute atomic E-state index is 6.32. The average molecular weight is 246 g/mol. The van der Waals surface area contributed by atoms with Crippen molar-refractivity contribution in [1.29, 1.82) is 0 Å². The normalized spacial score (nSPS) is 46.7. The third-order valence-corrected chi connectivity index (χ3v) is 5.15. The Morgan fingerprint density at radius 1 is 1.28 bits per heavy atom. The van der Waals surface area contributed by atoms with E-state index in [2.05, 4.69) is 28.9 Å². The number of nitrogens with one attached hydrogen (secondary N) is 2. The van der Waals surface area contributed by atoms with Crippen molar-refractivity contribution < 1.29 is 0 Å². The molecule has 2 heterocycles. The zero-order valence-electron chi connectivity index (χ0n) is 10.7. The predicted molar refractivity (Wildman–Crippen MR) is 71.2 cm³/mol. The van der Waals surface area contributed by atoms with E-state index in [1.807, 2.05) is 5.01 Å². The maximum atomic E-state index is 6.32. The first-order valence-corrected chi connectivity index (χ1v) is 7.25. The fourth-order valence-electron chi connectivity index (χ4n) is 4.22. The highest BCUT2D eigenvalue weighted by Crippen LogP contribution is 2.37. The quantitative estimate of drug-likeness (QED) is 0.600. The molecule has 4 nitrogen and oxygen atoms in total. The summed E-state index contributed by atoms with van der Waals surface area (Å²) >= 11 is 0. The summed E-state index contributed by atoms with van der Waals surface area (Å²) in [7, 11) is 0. The number of hydrogen-bond acceptors (Lipinski definition) is 4. The highest BCUT2D eigenvalue weighted by atomic mass is 15.5. The van der Waals surface area contributed by atoms with Gasteiger partial charge in [0.2, 0.25) is 0 Å². The van der Waals surface area contributed by atoms with Gasteiger partial charge in [-0.05, 0) is 37.7 Å². The topological polar surface area (TPSA) is 53.3 Å². The maximum Gasteiger partial charge on any atom is 0.108 e. The molecule has 3 fully saturated rings. The molecule has 0 radical (unpaired) electrons. The van der Waals surface area contributed by atoms with Crippen LogP contribution in [0.25, 0.3) is 0 Å². The number of nitrogens with two attached hydrogens (primary N) is 1. The van der Waals surface area contributed by atoms with Gasteiger partial charge in [0.15, 0.2) is 0 Å². The Labute approximate surface area is 108 Å². The molecule has 5 atom stereocenters. The predicted octanol–water partition coefficient (Wildman–Crippen LogP) is 0.834. The van der Waals surface area contributed by atoms with E-state index in [0.717, 1.165) is 18.4 Å². The zero-order valence-corrected chi connectivity index (χ0v) is 10.7. The first-order valence-electron chi connectivity index (χ1n) is 7.25. The molecule has 1 saturated carbocycles. The molecule has 98 valence electrons. The molecule has 0 aromatic carbocycles. The summed E-state index contributed by atoms with van der Waals surface area (Å²) in [5.41, 5.74) is 1.30. The van der Waals surface area contributed by atoms with Crippen LogP contribution in [0.1, 0.15) is 32.1 Å². The van der Waals surface area contributed by atoms with Crippen LogP contribution in [0.4, 0.5) is 0 Å². The molecular weight excluding hydrogens is 224 g/mol. The van der Waals surface area contributed by atoms with E-state index in [-0.39, 0.29) is 6.17 Å². The third-order valence-electron chi connectivity index (χ3n) is 5.15. The summed E-state index contributed by atoms with van der Waals surface area (Å²) in [5, 5.41) is 9.46. The zero-order chi connectivity index (χ0) is 12.1. The third kappa shape index (κ3) is 1.56. The van der Waals surface area contributed by atoms with Gasteiger partial charge in [-0.3, -0.25) is 5.84 Å². The van der Waals surface area contributed by atoms with Crippen molar-refractivity contribution in [1.82, 2.24) is 15.6 Å². The van der Waals surface area contributed by atoms with E-state index in [1.165, 1.54) is 31.4 Å². The Kier molecular flexibility index (Phi) is 2.50. The largest absolute Gasteiger partial charge is 0.369 e. The molecule has 2 unspecified atom stereocenters. The van der Waals surface area contributed by atoms with Crippen molar-refractivity contribution in [3.63, 3.8) is 0 Å². The number of allylic oxidation sites excluding steroid dienone is 2. The molecule has 0 aromatic rings. The second kappa shape index (κ2) is 4.08. The molecule has 2 aliphatic heterocycles. The second-order valence-corrected chi connectivity index (χ2v) is 6.14. The molecule has 4 heteroatoms. The molecule has 0 aromatic heterocycles. The molecule has 0 spiro atoms. The first-order chi connectivity index (χ1) is 8.83. The fourth-order valence-corrected chi connectivity index (χ4v) is 4.22. The Morgan fingerprint density at radius 3 is 3.06 bits per heavy atom. The van der Waals surface area contributed by atoms with Gasteiger partial charge in [0.05, 0.1) is 6.04 Å². The Hall–Kier alpha value is -0.840. The van der Waals surface area contributed by atoms with Crippen molar-refractivity contribution in [3.05, 3.63) is 23.9 Å². The minimum Gasteiger partial charge on any atom is -0.369 e. The number of nitrogens with zero attached hydrogens (tertiary/aromatic N) is 1. The van der Waals surface area contributed by atoms with Crippen LogP contribution in [0.15, 0.2) is 23.9 Å². The molecule has 2 aliphatic carbocycles. The summed E-state index contributed by atoms with van der Waals surface area (Å²) in [5.74, 6) is 7.21. The number of hydrogen-bond donors (Lipinski definition) is 3. The van der Waals surface area contributed by atoms with E-state index < -0.39 is 0 Å². The lowest BCUT2D eigenvalue weighted by Gasteiger charge is -2.28. The van der Waals surface area contributed by atoms with Crippen molar-refractivity contribution in [2.24, 2.45) is 11.8 Å². The number of fused-ring (bicyclic) bond motifs is 2. The minimum atomic E-state index is 0.270. The van der Waals surface area contributed by atoms with Gasteiger partial charge in [-0.1, -0.05) is 18.6 Å². The highest BCUT2D eigenvalue weighted by molar-refractivity contribution is 5.27. The van der Waals surface area contributed by atoms with Gasteiger partial charge in [0, 0.05) is 17.8 Å². The lowest BCUT2D eigenvalue weighted by atomic mass is 10.0. The van der Waals surface area contributed by atoms with Crippen LogP contribution in [-0.2, 0) is 0 Å². The second-order valence-electron chi connectivity index (χ2n) is 6.14. The smallest absolute Gasteiger partial charge is 0.108 e. The molecule has 2 saturated heterocycles. The van der Waals surface area contributed by atoms with Crippen LogP contribution in [0.5, 0.6) is 0 Å². The van der Waals surface area contributed by atoms with Gasteiger partial charge in [0.1, 0.15) is 6.17 Å². The summed E-state index contributed by atoms with van der Waals surface area (Å²) in [6, 6.07) is 1.62. The van der Waals surface area contributed by atoms with E-state index in [0.29, 0.717) is 12.1 Å². The van der Waals surface area contributed by atoms with Crippen LogP contribution in [0, 0.1) is 5.92 Å². The summed E-state index contributed by atoms with van der Waals surface area (Å²) in [6.45, 7) is 0. The average Bonchev–Trinajstić information content (AvgIpc) is 3.02. The Balaban J connectivity index is 1.50. The Bertz CT molecular complexity index is 391. The van der Waals surface area contributed by atoms with Gasteiger partial charge < -0.3 is 10.6 Å². The molecule has 0 bridgehead atoms. The van der Waals surface area contributed by atoms with Crippen LogP contribution in [0.2, 0.25) is 0 Å². The molecular formula is C14H22N4. The summed E-state index contributed by atoms with van der Waals surface area (Å²) < 4.78 is 0. The fraction of sp³-hybridized carbons (Fsp3) is 0.714. The van der Waals surface area contributed by atoms with Crippen LogP contribution < -0.4 is 16.5 Å². The number of rotatable bonds is 1. The van der Waals surface area contributed by atoms with Gasteiger partial charge in [-0.2, -0.15) is 0 Å². The van der Waals surface area contributed by atoms with E-state index in [1.54, 1.807) is 0 Å². The van der Waals surface area contributed by atoms with Crippen molar-refractivity contribution >= 4 is 0 Å². The Morgan fingerprint density at radius 2 is 2.22 bits per heavy atom. The van der Waals surface area contributed by atoms with Crippen LogP contribution >= 0.6 is 0 Å². The van der Waals surface area contributed by atoms with Gasteiger partial charge in [-0.15, -0.1) is 0 Å². The van der Waals surface area contributed by atoms with E-state index in [9.17, 15) is 0 Å². The van der Waals surface area contributed by atoms with Gasteiger partial charge in [-0.25, -0.2) is 5.01 Å². The molecule has 4 rings (SSSR count). The van der Waals surface area contributed by atoms with Crippen LogP contribution in [0.3, 0.4) is 0 Å². The molecule has 0 amide bonds. The van der Waals surface area contributed by atoms with E-state index in [4.69, 9.17) is 5.84 Å². The first kappa shape index (κ1) is 11.0. The van der Waals surface area contributed by atoms with Crippen molar-refractivity contribution in [3.8, 4) is 0 Å². The summed E-state index contributed by atoms with van der Waals surface area (Å²) in [6.07, 6.45) is 13.2. The van der Waals surface area contributed by atoms with E-state index >= 15 is 0 Å². The molecule has 4 N–H and O–H groups in total.